The normalized spacial score (nSPS) is 12.0. The zero-order valence-electron chi connectivity index (χ0n) is 12.8. The molecule has 0 saturated carbocycles. The Hall–Kier alpha value is -1.62. The second kappa shape index (κ2) is 8.47. The fourth-order valence-electron chi connectivity index (χ4n) is 2.18. The summed E-state index contributed by atoms with van der Waals surface area (Å²) in [4.78, 5) is 0. The lowest BCUT2D eigenvalue weighted by Crippen LogP contribution is -2.27. The maximum absolute atomic E-state index is 12.0. The van der Waals surface area contributed by atoms with Gasteiger partial charge >= 0.3 is 0 Å². The third-order valence-corrected chi connectivity index (χ3v) is 6.47. The average molecular weight is 374 g/mol. The first-order valence-electron chi connectivity index (χ1n) is 7.48. The predicted molar refractivity (Wildman–Crippen MR) is 103 cm³/mol. The first-order chi connectivity index (χ1) is 11.7. The molecule has 0 bridgehead atoms. The molecule has 0 fully saturated rings. The Bertz CT molecular complexity index is 781. The van der Waals surface area contributed by atoms with Crippen LogP contribution in [0.4, 0.5) is 0 Å². The standard InChI is InChI=1S/C19H16ClNOS2/c20-17-11-9-16(10-12-17)19(23-14-15-6-2-1-3-7-15)24-18-8-4-5-13-21(18)22/h1-13,19H,14H2. The second-order valence-corrected chi connectivity index (χ2v) is 8.12. The maximum atomic E-state index is 12.0. The zero-order valence-corrected chi connectivity index (χ0v) is 15.2. The molecule has 1 atom stereocenters. The van der Waals surface area contributed by atoms with Gasteiger partial charge in [0.05, 0.1) is 4.58 Å². The lowest BCUT2D eigenvalue weighted by atomic mass is 10.2. The summed E-state index contributed by atoms with van der Waals surface area (Å²) in [6.07, 6.45) is 1.53. The van der Waals surface area contributed by atoms with Crippen molar-refractivity contribution >= 4 is 35.1 Å². The van der Waals surface area contributed by atoms with E-state index in [2.05, 4.69) is 12.1 Å². The Morgan fingerprint density at radius 2 is 1.62 bits per heavy atom. The molecule has 1 aromatic heterocycles. The number of rotatable bonds is 6. The Morgan fingerprint density at radius 3 is 2.33 bits per heavy atom. The number of aromatic nitrogens is 1. The van der Waals surface area contributed by atoms with Crippen LogP contribution in [-0.4, -0.2) is 0 Å². The molecule has 122 valence electrons. The summed E-state index contributed by atoms with van der Waals surface area (Å²) in [6, 6.07) is 23.7. The van der Waals surface area contributed by atoms with Gasteiger partial charge in [0.15, 0.2) is 6.20 Å². The summed E-state index contributed by atoms with van der Waals surface area (Å²) in [5.74, 6) is 0.882. The van der Waals surface area contributed by atoms with E-state index in [9.17, 15) is 5.21 Å². The van der Waals surface area contributed by atoms with Gasteiger partial charge in [0.1, 0.15) is 0 Å². The van der Waals surface area contributed by atoms with Gasteiger partial charge in [-0.2, -0.15) is 4.73 Å². The Labute approximate surface area is 155 Å². The summed E-state index contributed by atoms with van der Waals surface area (Å²) in [6.45, 7) is 0. The third-order valence-electron chi connectivity index (χ3n) is 3.40. The second-order valence-electron chi connectivity index (χ2n) is 5.16. The molecule has 0 aliphatic rings. The predicted octanol–water partition coefficient (Wildman–Crippen LogP) is 5.70. The van der Waals surface area contributed by atoms with Crippen LogP contribution >= 0.6 is 35.1 Å². The van der Waals surface area contributed by atoms with Crippen molar-refractivity contribution in [3.8, 4) is 0 Å². The van der Waals surface area contributed by atoms with Gasteiger partial charge in [0.25, 0.3) is 5.03 Å². The number of hydrogen-bond donors (Lipinski definition) is 0. The highest BCUT2D eigenvalue weighted by Gasteiger charge is 2.18. The van der Waals surface area contributed by atoms with E-state index in [1.54, 1.807) is 29.6 Å². The van der Waals surface area contributed by atoms with Crippen LogP contribution in [0.2, 0.25) is 5.02 Å². The SMILES string of the molecule is [O-][n+]1ccccc1SC(SCc1ccccc1)c1ccc(Cl)cc1. The highest BCUT2D eigenvalue weighted by atomic mass is 35.5. The van der Waals surface area contributed by atoms with Crippen molar-refractivity contribution in [1.82, 2.24) is 0 Å². The van der Waals surface area contributed by atoms with Crippen LogP contribution in [0.25, 0.3) is 0 Å². The highest BCUT2D eigenvalue weighted by Crippen LogP contribution is 2.44. The van der Waals surface area contributed by atoms with Gasteiger partial charge in [-0.25, -0.2) is 0 Å². The van der Waals surface area contributed by atoms with Crippen molar-refractivity contribution in [3.63, 3.8) is 0 Å². The van der Waals surface area contributed by atoms with Gasteiger partial charge in [-0.05, 0) is 41.1 Å². The first-order valence-corrected chi connectivity index (χ1v) is 9.79. The molecule has 1 heterocycles. The summed E-state index contributed by atoms with van der Waals surface area (Å²) >= 11 is 9.38. The molecule has 1 unspecified atom stereocenters. The van der Waals surface area contributed by atoms with Crippen molar-refractivity contribution in [3.05, 3.63) is 100 Å². The molecule has 0 aliphatic carbocycles. The summed E-state index contributed by atoms with van der Waals surface area (Å²) in [5, 5.41) is 13.4. The first kappa shape index (κ1) is 17.2. The van der Waals surface area contributed by atoms with Crippen molar-refractivity contribution < 1.29 is 4.73 Å². The molecule has 0 saturated heterocycles. The average Bonchev–Trinajstić information content (AvgIpc) is 2.62. The van der Waals surface area contributed by atoms with E-state index in [0.29, 0.717) is 10.0 Å². The van der Waals surface area contributed by atoms with Crippen LogP contribution in [0, 0.1) is 5.21 Å². The Morgan fingerprint density at radius 1 is 0.917 bits per heavy atom. The molecule has 24 heavy (non-hydrogen) atoms. The molecule has 3 aromatic rings. The van der Waals surface area contributed by atoms with Crippen LogP contribution in [0.3, 0.4) is 0 Å². The Kier molecular flexibility index (Phi) is 6.07. The van der Waals surface area contributed by atoms with E-state index in [-0.39, 0.29) is 4.58 Å². The smallest absolute Gasteiger partial charge is 0.252 e. The van der Waals surface area contributed by atoms with E-state index >= 15 is 0 Å². The van der Waals surface area contributed by atoms with E-state index in [1.807, 2.05) is 54.6 Å². The minimum absolute atomic E-state index is 0.116. The molecule has 0 N–H and O–H groups in total. The van der Waals surface area contributed by atoms with Gasteiger partial charge in [0, 0.05) is 22.9 Å². The summed E-state index contributed by atoms with van der Waals surface area (Å²) in [7, 11) is 0. The molecular weight excluding hydrogens is 358 g/mol. The van der Waals surface area contributed by atoms with Crippen LogP contribution in [-0.2, 0) is 5.75 Å². The Balaban J connectivity index is 1.80. The van der Waals surface area contributed by atoms with Crippen molar-refractivity contribution in [2.45, 2.75) is 15.4 Å². The summed E-state index contributed by atoms with van der Waals surface area (Å²) < 4.78 is 1.03. The van der Waals surface area contributed by atoms with Crippen LogP contribution < -0.4 is 4.73 Å². The third kappa shape index (κ3) is 4.69. The fourth-order valence-corrected chi connectivity index (χ4v) is 4.80. The maximum Gasteiger partial charge on any atom is 0.252 e. The van der Waals surface area contributed by atoms with E-state index in [1.165, 1.54) is 11.8 Å². The quantitative estimate of drug-likeness (QED) is 0.240. The molecule has 5 heteroatoms. The van der Waals surface area contributed by atoms with Gasteiger partial charge in [-0.3, -0.25) is 0 Å². The van der Waals surface area contributed by atoms with Crippen LogP contribution in [0.15, 0.2) is 84.0 Å². The monoisotopic (exact) mass is 373 g/mol. The van der Waals surface area contributed by atoms with Crippen molar-refractivity contribution in [1.29, 1.82) is 0 Å². The topological polar surface area (TPSA) is 26.9 Å². The lowest BCUT2D eigenvalue weighted by Gasteiger charge is -2.16. The van der Waals surface area contributed by atoms with Crippen LogP contribution in [0.5, 0.6) is 0 Å². The van der Waals surface area contributed by atoms with E-state index in [0.717, 1.165) is 16.0 Å². The largest absolute Gasteiger partial charge is 0.618 e. The van der Waals surface area contributed by atoms with Crippen LogP contribution in [0.1, 0.15) is 15.7 Å². The fraction of sp³-hybridized carbons (Fsp3) is 0.105. The molecule has 2 nitrogen and oxygen atoms in total. The van der Waals surface area contributed by atoms with Crippen molar-refractivity contribution in [2.75, 3.05) is 0 Å². The zero-order chi connectivity index (χ0) is 16.8. The minimum Gasteiger partial charge on any atom is -0.618 e. The number of pyridine rings is 1. The number of hydrogen-bond acceptors (Lipinski definition) is 3. The van der Waals surface area contributed by atoms with Gasteiger partial charge < -0.3 is 5.21 Å². The van der Waals surface area contributed by atoms with E-state index < -0.39 is 0 Å². The molecule has 0 radical (unpaired) electrons. The van der Waals surface area contributed by atoms with Gasteiger partial charge in [0.2, 0.25) is 0 Å². The molecule has 2 aromatic carbocycles. The van der Waals surface area contributed by atoms with E-state index in [4.69, 9.17) is 11.6 Å². The highest BCUT2D eigenvalue weighted by molar-refractivity contribution is 8.15. The van der Waals surface area contributed by atoms with Gasteiger partial charge in [-0.1, -0.05) is 54.1 Å². The molecule has 0 amide bonds. The van der Waals surface area contributed by atoms with Crippen molar-refractivity contribution in [2.24, 2.45) is 0 Å². The van der Waals surface area contributed by atoms with Gasteiger partial charge in [-0.15, -0.1) is 11.8 Å². The lowest BCUT2D eigenvalue weighted by molar-refractivity contribution is -0.645. The number of benzene rings is 2. The minimum atomic E-state index is 0.116. The molecule has 0 aliphatic heterocycles. The molecule has 0 spiro atoms. The number of halogens is 1. The number of thioether (sulfide) groups is 2. The molecule has 3 rings (SSSR count). The number of nitrogens with zero attached hydrogens (tertiary/aromatic N) is 1. The molecular formula is C19H16ClNOS2. The summed E-state index contributed by atoms with van der Waals surface area (Å²) in [5.41, 5.74) is 2.42.